The second kappa shape index (κ2) is 7.81. The van der Waals surface area contributed by atoms with Crippen LogP contribution >= 0.6 is 11.6 Å². The number of nitrogens with zero attached hydrogens (tertiary/aromatic N) is 2. The lowest BCUT2D eigenvalue weighted by molar-refractivity contribution is 0.143. The van der Waals surface area contributed by atoms with Gasteiger partial charge >= 0.3 is 0 Å². The predicted octanol–water partition coefficient (Wildman–Crippen LogP) is 3.72. The molecule has 1 saturated carbocycles. The minimum Gasteiger partial charge on any atom is -0.394 e. The maximum absolute atomic E-state index is 12.8. The number of fused-ring (bicyclic) bond motifs is 3. The fraction of sp³-hybridized carbons (Fsp3) is 0.522. The summed E-state index contributed by atoms with van der Waals surface area (Å²) in [5.41, 5.74) is 3.50. The normalized spacial score (nSPS) is 23.8. The van der Waals surface area contributed by atoms with Crippen molar-refractivity contribution < 1.29 is 9.32 Å². The maximum atomic E-state index is 12.8. The average Bonchev–Trinajstić information content (AvgIpc) is 3.25. The van der Waals surface area contributed by atoms with Crippen molar-refractivity contribution in [2.24, 2.45) is 0 Å². The van der Waals surface area contributed by atoms with E-state index in [-0.39, 0.29) is 12.1 Å². The Balaban J connectivity index is 1.41. The number of likely N-dealkylation sites (N-methyl/N-ethyl adjacent to an activating group) is 1. The standard InChI is InChI=1S/C23H28ClN3O2S/c1-27-17(8-5-15-3-6-16(24)7-4-15)13-19-18-9-12-30(29)20(18)21(25-22(19)27)26-23(14-28)10-2-11-23/h3-4,6-7,17,28H,2,5,8-14H2,1H3,(H,25,26)/t17?,30-/m0/s1. The van der Waals surface area contributed by atoms with Crippen molar-refractivity contribution in [3.05, 3.63) is 46.0 Å². The van der Waals surface area contributed by atoms with Gasteiger partial charge in [-0.05, 0) is 68.2 Å². The van der Waals surface area contributed by atoms with Crippen molar-refractivity contribution >= 4 is 34.0 Å². The first-order valence-electron chi connectivity index (χ1n) is 10.8. The highest BCUT2D eigenvalue weighted by molar-refractivity contribution is 7.85. The molecule has 2 aromatic rings. The average molecular weight is 446 g/mol. The number of aliphatic hydroxyl groups excluding tert-OH is 1. The topological polar surface area (TPSA) is 65.5 Å². The van der Waals surface area contributed by atoms with E-state index in [1.54, 1.807) is 0 Å². The molecule has 1 fully saturated rings. The Kier molecular flexibility index (Phi) is 5.28. The van der Waals surface area contributed by atoms with Gasteiger partial charge in [-0.15, -0.1) is 0 Å². The Morgan fingerprint density at radius 3 is 2.73 bits per heavy atom. The Labute approximate surface area is 185 Å². The SMILES string of the molecule is CN1c2nc(NC3(CO)CCC3)c3c(c2CC1CCc1ccc(Cl)cc1)CC[S@@]3=O. The molecular formula is C23H28ClN3O2S. The summed E-state index contributed by atoms with van der Waals surface area (Å²) in [5, 5.41) is 14.2. The van der Waals surface area contributed by atoms with Crippen molar-refractivity contribution in [1.82, 2.24) is 4.98 Å². The van der Waals surface area contributed by atoms with Gasteiger partial charge in [0.2, 0.25) is 0 Å². The molecule has 3 heterocycles. The van der Waals surface area contributed by atoms with Crippen LogP contribution in [0.4, 0.5) is 11.6 Å². The zero-order chi connectivity index (χ0) is 20.9. The van der Waals surface area contributed by atoms with Crippen LogP contribution in [0.2, 0.25) is 5.02 Å². The number of aromatic nitrogens is 1. The Morgan fingerprint density at radius 2 is 2.07 bits per heavy atom. The lowest BCUT2D eigenvalue weighted by Gasteiger charge is -2.41. The summed E-state index contributed by atoms with van der Waals surface area (Å²) in [6, 6.07) is 8.47. The van der Waals surface area contributed by atoms with Crippen molar-refractivity contribution in [2.75, 3.05) is 29.6 Å². The third kappa shape index (κ3) is 3.43. The molecule has 2 N–H and O–H groups in total. The van der Waals surface area contributed by atoms with Crippen LogP contribution in [0.1, 0.15) is 42.4 Å². The highest BCUT2D eigenvalue weighted by Gasteiger charge is 2.41. The summed E-state index contributed by atoms with van der Waals surface area (Å²) in [4.78, 5) is 8.17. The van der Waals surface area contributed by atoms with Crippen molar-refractivity contribution in [3.8, 4) is 0 Å². The molecule has 2 atom stereocenters. The van der Waals surface area contributed by atoms with Gasteiger partial charge in [0.1, 0.15) is 11.6 Å². The zero-order valence-electron chi connectivity index (χ0n) is 17.3. The molecule has 3 aliphatic rings. The van der Waals surface area contributed by atoms with Crippen LogP contribution < -0.4 is 10.2 Å². The van der Waals surface area contributed by atoms with Crippen LogP contribution in [-0.2, 0) is 30.1 Å². The molecule has 5 rings (SSSR count). The van der Waals surface area contributed by atoms with Gasteiger partial charge in [-0.25, -0.2) is 4.98 Å². The van der Waals surface area contributed by atoms with E-state index in [0.29, 0.717) is 11.8 Å². The molecule has 30 heavy (non-hydrogen) atoms. The number of hydrogen-bond acceptors (Lipinski definition) is 5. The first-order valence-corrected chi connectivity index (χ1v) is 12.5. The number of pyridine rings is 1. The fourth-order valence-electron chi connectivity index (χ4n) is 5.04. The highest BCUT2D eigenvalue weighted by Crippen LogP contribution is 2.44. The van der Waals surface area contributed by atoms with E-state index in [0.717, 1.165) is 66.5 Å². The molecule has 7 heteroatoms. The van der Waals surface area contributed by atoms with Gasteiger partial charge in [-0.2, -0.15) is 0 Å². The summed E-state index contributed by atoms with van der Waals surface area (Å²) in [7, 11) is 1.11. The van der Waals surface area contributed by atoms with Gasteiger partial charge in [0, 0.05) is 29.4 Å². The molecule has 0 saturated heterocycles. The van der Waals surface area contributed by atoms with E-state index in [4.69, 9.17) is 16.6 Å². The first kappa shape index (κ1) is 20.3. The number of benzene rings is 1. The lowest BCUT2D eigenvalue weighted by Crippen LogP contribution is -2.48. The molecule has 2 aliphatic heterocycles. The maximum Gasteiger partial charge on any atom is 0.145 e. The zero-order valence-corrected chi connectivity index (χ0v) is 18.9. The van der Waals surface area contributed by atoms with Gasteiger partial charge in [0.05, 0.1) is 27.8 Å². The Bertz CT molecular complexity index is 985. The van der Waals surface area contributed by atoms with Crippen molar-refractivity contribution in [1.29, 1.82) is 0 Å². The molecule has 1 aromatic carbocycles. The van der Waals surface area contributed by atoms with Crippen molar-refractivity contribution in [3.63, 3.8) is 0 Å². The Morgan fingerprint density at radius 1 is 1.30 bits per heavy atom. The van der Waals surface area contributed by atoms with Crippen LogP contribution in [0.3, 0.4) is 0 Å². The molecule has 160 valence electrons. The number of aliphatic hydroxyl groups is 1. The molecular weight excluding hydrogens is 418 g/mol. The quantitative estimate of drug-likeness (QED) is 0.709. The molecule has 1 unspecified atom stereocenters. The highest BCUT2D eigenvalue weighted by atomic mass is 35.5. The first-order chi connectivity index (χ1) is 14.5. The van der Waals surface area contributed by atoms with Gasteiger partial charge < -0.3 is 15.3 Å². The lowest BCUT2D eigenvalue weighted by atomic mass is 9.77. The third-order valence-electron chi connectivity index (χ3n) is 7.10. The molecule has 1 aliphatic carbocycles. The summed E-state index contributed by atoms with van der Waals surface area (Å²) in [6.07, 6.45) is 6.81. The smallest absolute Gasteiger partial charge is 0.145 e. The number of hydrogen-bond donors (Lipinski definition) is 2. The van der Waals surface area contributed by atoms with E-state index < -0.39 is 10.8 Å². The number of nitrogens with one attached hydrogen (secondary N) is 1. The summed E-state index contributed by atoms with van der Waals surface area (Å²) in [6.45, 7) is 0.0900. The summed E-state index contributed by atoms with van der Waals surface area (Å²) >= 11 is 6.01. The van der Waals surface area contributed by atoms with E-state index in [1.165, 1.54) is 16.7 Å². The molecule has 5 nitrogen and oxygen atoms in total. The van der Waals surface area contributed by atoms with E-state index >= 15 is 0 Å². The van der Waals surface area contributed by atoms with Crippen LogP contribution in [0.15, 0.2) is 29.2 Å². The van der Waals surface area contributed by atoms with E-state index in [1.807, 2.05) is 12.1 Å². The third-order valence-corrected chi connectivity index (χ3v) is 8.83. The largest absolute Gasteiger partial charge is 0.394 e. The fourth-order valence-corrected chi connectivity index (χ4v) is 6.57. The van der Waals surface area contributed by atoms with Crippen molar-refractivity contribution in [2.45, 2.75) is 61.4 Å². The predicted molar refractivity (Wildman–Crippen MR) is 122 cm³/mol. The van der Waals surface area contributed by atoms with E-state index in [2.05, 4.69) is 29.4 Å². The minimum atomic E-state index is -1.01. The van der Waals surface area contributed by atoms with Gasteiger partial charge in [-0.3, -0.25) is 4.21 Å². The van der Waals surface area contributed by atoms with Gasteiger partial charge in [-0.1, -0.05) is 23.7 Å². The van der Waals surface area contributed by atoms with Crippen LogP contribution in [0, 0.1) is 0 Å². The van der Waals surface area contributed by atoms with Gasteiger partial charge in [0.25, 0.3) is 0 Å². The molecule has 0 amide bonds. The van der Waals surface area contributed by atoms with Gasteiger partial charge in [0.15, 0.2) is 0 Å². The van der Waals surface area contributed by atoms with Crippen LogP contribution in [-0.4, -0.2) is 45.3 Å². The Hall–Kier alpha value is -1.63. The number of rotatable bonds is 6. The summed E-state index contributed by atoms with van der Waals surface area (Å²) < 4.78 is 12.8. The molecule has 0 radical (unpaired) electrons. The number of halogens is 1. The summed E-state index contributed by atoms with van der Waals surface area (Å²) in [5.74, 6) is 2.43. The minimum absolute atomic E-state index is 0.0900. The van der Waals surface area contributed by atoms with Crippen LogP contribution in [0.25, 0.3) is 0 Å². The van der Waals surface area contributed by atoms with Crippen LogP contribution in [0.5, 0.6) is 0 Å². The second-order valence-electron chi connectivity index (χ2n) is 8.92. The molecule has 0 spiro atoms. The number of aryl methyl sites for hydroxylation is 1. The van der Waals surface area contributed by atoms with E-state index in [9.17, 15) is 9.32 Å². The number of anilines is 2. The monoisotopic (exact) mass is 445 g/mol. The second-order valence-corrected chi connectivity index (χ2v) is 10.9. The molecule has 1 aromatic heterocycles. The molecule has 0 bridgehead atoms.